The highest BCUT2D eigenvalue weighted by atomic mass is 14.9. The fourth-order valence-corrected chi connectivity index (χ4v) is 2.36. The third-order valence-electron chi connectivity index (χ3n) is 3.49. The highest BCUT2D eigenvalue weighted by molar-refractivity contribution is 5.83. The highest BCUT2D eigenvalue weighted by Crippen LogP contribution is 2.25. The quantitative estimate of drug-likeness (QED) is 0.831. The van der Waals surface area contributed by atoms with Gasteiger partial charge in [-0.15, -0.1) is 0 Å². The SMILES string of the molecule is CN[C@H](Cc1c[nH]c2ccccc12)C(C)(C)C. The van der Waals surface area contributed by atoms with Gasteiger partial charge in [-0.1, -0.05) is 39.0 Å². The molecule has 0 saturated carbocycles. The molecule has 2 N–H and O–H groups in total. The van der Waals surface area contributed by atoms with Crippen LogP contribution in [-0.4, -0.2) is 18.1 Å². The van der Waals surface area contributed by atoms with Gasteiger partial charge in [-0.25, -0.2) is 0 Å². The van der Waals surface area contributed by atoms with Crippen molar-refractivity contribution in [3.05, 3.63) is 36.0 Å². The highest BCUT2D eigenvalue weighted by Gasteiger charge is 2.23. The minimum atomic E-state index is 0.271. The smallest absolute Gasteiger partial charge is 0.0456 e. The molecule has 1 atom stereocenters. The normalized spacial score (nSPS) is 14.1. The van der Waals surface area contributed by atoms with Gasteiger partial charge in [0.05, 0.1) is 0 Å². The van der Waals surface area contributed by atoms with E-state index < -0.39 is 0 Å². The minimum absolute atomic E-state index is 0.271. The monoisotopic (exact) mass is 230 g/mol. The Hall–Kier alpha value is -1.28. The molecule has 0 bridgehead atoms. The summed E-state index contributed by atoms with van der Waals surface area (Å²) in [6.07, 6.45) is 3.20. The topological polar surface area (TPSA) is 27.8 Å². The maximum atomic E-state index is 3.43. The van der Waals surface area contributed by atoms with Gasteiger partial charge in [0.25, 0.3) is 0 Å². The summed E-state index contributed by atoms with van der Waals surface area (Å²) in [6, 6.07) is 8.98. The number of rotatable bonds is 3. The lowest BCUT2D eigenvalue weighted by atomic mass is 9.83. The zero-order valence-corrected chi connectivity index (χ0v) is 11.2. The molecule has 2 aromatic rings. The fourth-order valence-electron chi connectivity index (χ4n) is 2.36. The molecule has 0 amide bonds. The number of hydrogen-bond donors (Lipinski definition) is 2. The van der Waals surface area contributed by atoms with Crippen molar-refractivity contribution in [2.75, 3.05) is 7.05 Å². The number of hydrogen-bond acceptors (Lipinski definition) is 1. The van der Waals surface area contributed by atoms with Gasteiger partial charge >= 0.3 is 0 Å². The number of benzene rings is 1. The Morgan fingerprint density at radius 2 is 1.94 bits per heavy atom. The Kier molecular flexibility index (Phi) is 3.25. The number of likely N-dealkylation sites (N-methyl/N-ethyl adjacent to an activating group) is 1. The second kappa shape index (κ2) is 4.53. The van der Waals surface area contributed by atoms with E-state index in [1.807, 2.05) is 7.05 Å². The van der Waals surface area contributed by atoms with Crippen LogP contribution in [-0.2, 0) is 6.42 Å². The van der Waals surface area contributed by atoms with Crippen LogP contribution in [0.25, 0.3) is 10.9 Å². The number of aromatic nitrogens is 1. The number of aromatic amines is 1. The van der Waals surface area contributed by atoms with Crippen LogP contribution >= 0.6 is 0 Å². The standard InChI is InChI=1S/C15H22N2/c1-15(2,3)14(16-4)9-11-10-17-13-8-6-5-7-12(11)13/h5-8,10,14,16-17H,9H2,1-4H3/t14-/m1/s1. The van der Waals surface area contributed by atoms with E-state index in [1.54, 1.807) is 0 Å². The molecule has 1 aromatic heterocycles. The molecule has 92 valence electrons. The molecule has 2 heteroatoms. The molecule has 0 radical (unpaired) electrons. The molecule has 0 saturated heterocycles. The summed E-state index contributed by atoms with van der Waals surface area (Å²) in [5.74, 6) is 0. The van der Waals surface area contributed by atoms with Crippen molar-refractivity contribution in [3.8, 4) is 0 Å². The second-order valence-corrected chi connectivity index (χ2v) is 5.77. The predicted molar refractivity (Wildman–Crippen MR) is 74.3 cm³/mol. The van der Waals surface area contributed by atoms with Crippen LogP contribution in [0.4, 0.5) is 0 Å². The molecule has 0 aliphatic heterocycles. The Morgan fingerprint density at radius 3 is 2.59 bits per heavy atom. The molecule has 0 aliphatic carbocycles. The van der Waals surface area contributed by atoms with Gasteiger partial charge in [0.15, 0.2) is 0 Å². The van der Waals surface area contributed by atoms with Gasteiger partial charge < -0.3 is 10.3 Å². The van der Waals surface area contributed by atoms with Crippen molar-refractivity contribution in [1.29, 1.82) is 0 Å². The summed E-state index contributed by atoms with van der Waals surface area (Å²) in [6.45, 7) is 6.84. The van der Waals surface area contributed by atoms with Crippen LogP contribution in [0, 0.1) is 5.41 Å². The summed E-state index contributed by atoms with van der Waals surface area (Å²) in [5, 5.41) is 4.78. The van der Waals surface area contributed by atoms with Crippen LogP contribution in [0.3, 0.4) is 0 Å². The predicted octanol–water partition coefficient (Wildman–Crippen LogP) is 3.34. The van der Waals surface area contributed by atoms with Gasteiger partial charge in [0.1, 0.15) is 0 Å². The van der Waals surface area contributed by atoms with Crippen LogP contribution in [0.1, 0.15) is 26.3 Å². The van der Waals surface area contributed by atoms with Crippen molar-refractivity contribution >= 4 is 10.9 Å². The molecule has 1 heterocycles. The lowest BCUT2D eigenvalue weighted by Gasteiger charge is -2.30. The zero-order chi connectivity index (χ0) is 12.5. The van der Waals surface area contributed by atoms with Crippen molar-refractivity contribution in [2.45, 2.75) is 33.2 Å². The van der Waals surface area contributed by atoms with E-state index in [9.17, 15) is 0 Å². The van der Waals surface area contributed by atoms with E-state index in [4.69, 9.17) is 0 Å². The van der Waals surface area contributed by atoms with E-state index >= 15 is 0 Å². The third-order valence-corrected chi connectivity index (χ3v) is 3.49. The largest absolute Gasteiger partial charge is 0.361 e. The molecule has 0 unspecified atom stereocenters. The van der Waals surface area contributed by atoms with Gasteiger partial charge in [0.2, 0.25) is 0 Å². The number of para-hydroxylation sites is 1. The summed E-state index contributed by atoms with van der Waals surface area (Å²) < 4.78 is 0. The first-order valence-electron chi connectivity index (χ1n) is 6.24. The fraction of sp³-hybridized carbons (Fsp3) is 0.467. The van der Waals surface area contributed by atoms with Crippen LogP contribution < -0.4 is 5.32 Å². The number of fused-ring (bicyclic) bond motifs is 1. The third kappa shape index (κ3) is 2.52. The Balaban J connectivity index is 2.29. The molecule has 1 aromatic carbocycles. The van der Waals surface area contributed by atoms with E-state index in [0.29, 0.717) is 6.04 Å². The maximum Gasteiger partial charge on any atom is 0.0456 e. The van der Waals surface area contributed by atoms with E-state index in [1.165, 1.54) is 16.5 Å². The van der Waals surface area contributed by atoms with Gasteiger partial charge in [-0.05, 0) is 30.5 Å². The molecule has 2 rings (SSSR count). The first-order chi connectivity index (χ1) is 8.02. The summed E-state index contributed by atoms with van der Waals surface area (Å²) in [4.78, 5) is 3.34. The van der Waals surface area contributed by atoms with E-state index in [2.05, 4.69) is 61.5 Å². The van der Waals surface area contributed by atoms with E-state index in [0.717, 1.165) is 6.42 Å². The van der Waals surface area contributed by atoms with Crippen molar-refractivity contribution in [1.82, 2.24) is 10.3 Å². The molecule has 0 aliphatic rings. The van der Waals surface area contributed by atoms with Gasteiger partial charge in [0, 0.05) is 23.1 Å². The maximum absolute atomic E-state index is 3.43. The van der Waals surface area contributed by atoms with Crippen molar-refractivity contribution < 1.29 is 0 Å². The van der Waals surface area contributed by atoms with Crippen LogP contribution in [0.5, 0.6) is 0 Å². The van der Waals surface area contributed by atoms with Gasteiger partial charge in [-0.2, -0.15) is 0 Å². The molecular formula is C15H22N2. The Bertz CT molecular complexity index is 491. The summed E-state index contributed by atoms with van der Waals surface area (Å²) >= 11 is 0. The molecule has 0 spiro atoms. The first-order valence-corrected chi connectivity index (χ1v) is 6.24. The minimum Gasteiger partial charge on any atom is -0.361 e. The second-order valence-electron chi connectivity index (χ2n) is 5.77. The van der Waals surface area contributed by atoms with Crippen LogP contribution in [0.2, 0.25) is 0 Å². The molecule has 17 heavy (non-hydrogen) atoms. The Labute approximate surface area is 103 Å². The van der Waals surface area contributed by atoms with Crippen LogP contribution in [0.15, 0.2) is 30.5 Å². The average molecular weight is 230 g/mol. The molecular weight excluding hydrogens is 208 g/mol. The molecule has 0 fully saturated rings. The first kappa shape index (κ1) is 12.2. The van der Waals surface area contributed by atoms with Gasteiger partial charge in [-0.3, -0.25) is 0 Å². The summed E-state index contributed by atoms with van der Waals surface area (Å²) in [7, 11) is 2.05. The zero-order valence-electron chi connectivity index (χ0n) is 11.2. The Morgan fingerprint density at radius 1 is 1.24 bits per heavy atom. The molecule has 2 nitrogen and oxygen atoms in total. The average Bonchev–Trinajstić information content (AvgIpc) is 2.67. The lowest BCUT2D eigenvalue weighted by molar-refractivity contribution is 0.280. The van der Waals surface area contributed by atoms with Crippen molar-refractivity contribution in [2.24, 2.45) is 5.41 Å². The lowest BCUT2D eigenvalue weighted by Crippen LogP contribution is -2.39. The summed E-state index contributed by atoms with van der Waals surface area (Å²) in [5.41, 5.74) is 2.90. The van der Waals surface area contributed by atoms with E-state index in [-0.39, 0.29) is 5.41 Å². The van der Waals surface area contributed by atoms with Crippen molar-refractivity contribution in [3.63, 3.8) is 0 Å². The number of H-pyrrole nitrogens is 1. The number of nitrogens with one attached hydrogen (secondary N) is 2.